The molecule has 1 N–H and O–H groups in total. The summed E-state index contributed by atoms with van der Waals surface area (Å²) in [7, 11) is 0. The lowest BCUT2D eigenvalue weighted by atomic mass is 10.2. The zero-order valence-electron chi connectivity index (χ0n) is 10.00. The normalized spacial score (nSPS) is 21.2. The van der Waals surface area contributed by atoms with Gasteiger partial charge in [0.15, 0.2) is 0 Å². The maximum absolute atomic E-state index is 3.60. The van der Waals surface area contributed by atoms with Crippen LogP contribution in [0.1, 0.15) is 35.9 Å². The van der Waals surface area contributed by atoms with Crippen molar-refractivity contribution in [1.29, 1.82) is 0 Å². The SMILES string of the molecule is CCc1ccc(CNCC2CCCCS2)s1. The molecule has 0 aromatic carbocycles. The van der Waals surface area contributed by atoms with Gasteiger partial charge in [0.05, 0.1) is 0 Å². The third-order valence-electron chi connectivity index (χ3n) is 3.01. The molecule has 2 heterocycles. The highest BCUT2D eigenvalue weighted by molar-refractivity contribution is 7.99. The quantitative estimate of drug-likeness (QED) is 0.861. The summed E-state index contributed by atoms with van der Waals surface area (Å²) in [6.45, 7) is 4.47. The predicted molar refractivity (Wildman–Crippen MR) is 75.5 cm³/mol. The van der Waals surface area contributed by atoms with Gasteiger partial charge in [0.25, 0.3) is 0 Å². The molecule has 0 bridgehead atoms. The Morgan fingerprint density at radius 1 is 1.31 bits per heavy atom. The minimum Gasteiger partial charge on any atom is -0.311 e. The van der Waals surface area contributed by atoms with E-state index < -0.39 is 0 Å². The van der Waals surface area contributed by atoms with E-state index in [1.165, 1.54) is 47.7 Å². The molecule has 3 heteroatoms. The van der Waals surface area contributed by atoms with Crippen LogP contribution in [0.5, 0.6) is 0 Å². The third kappa shape index (κ3) is 3.79. The van der Waals surface area contributed by atoms with Crippen LogP contribution in [0.2, 0.25) is 0 Å². The lowest BCUT2D eigenvalue weighted by Crippen LogP contribution is -2.26. The molecule has 1 aromatic heterocycles. The average Bonchev–Trinajstić information content (AvgIpc) is 2.78. The van der Waals surface area contributed by atoms with Gasteiger partial charge >= 0.3 is 0 Å². The van der Waals surface area contributed by atoms with Crippen molar-refractivity contribution in [2.75, 3.05) is 12.3 Å². The Bertz CT molecular complexity index is 303. The highest BCUT2D eigenvalue weighted by atomic mass is 32.2. The minimum atomic E-state index is 0.861. The van der Waals surface area contributed by atoms with Crippen LogP contribution in [0.15, 0.2) is 12.1 Å². The van der Waals surface area contributed by atoms with Crippen molar-refractivity contribution in [2.24, 2.45) is 0 Å². The summed E-state index contributed by atoms with van der Waals surface area (Å²) in [5, 5.41) is 4.46. The zero-order valence-corrected chi connectivity index (χ0v) is 11.6. The highest BCUT2D eigenvalue weighted by Gasteiger charge is 2.12. The Balaban J connectivity index is 1.66. The van der Waals surface area contributed by atoms with E-state index in [2.05, 4.69) is 36.1 Å². The summed E-state index contributed by atoms with van der Waals surface area (Å²) in [6.07, 6.45) is 5.43. The molecule has 1 aliphatic rings. The third-order valence-corrected chi connectivity index (χ3v) is 5.64. The van der Waals surface area contributed by atoms with Gasteiger partial charge in [-0.2, -0.15) is 11.8 Å². The van der Waals surface area contributed by atoms with Gasteiger partial charge in [-0.1, -0.05) is 13.3 Å². The van der Waals surface area contributed by atoms with Gasteiger partial charge in [-0.25, -0.2) is 0 Å². The first-order valence-electron chi connectivity index (χ1n) is 6.28. The van der Waals surface area contributed by atoms with Crippen molar-refractivity contribution >= 4 is 23.1 Å². The van der Waals surface area contributed by atoms with Crippen LogP contribution in [0, 0.1) is 0 Å². The summed E-state index contributed by atoms with van der Waals surface area (Å²) in [5.74, 6) is 1.37. The summed E-state index contributed by atoms with van der Waals surface area (Å²) in [6, 6.07) is 4.53. The first-order chi connectivity index (χ1) is 7.88. The molecule has 1 aromatic rings. The fourth-order valence-corrected chi connectivity index (χ4v) is 4.23. The Hall–Kier alpha value is 0.01000. The van der Waals surface area contributed by atoms with Gasteiger partial charge in [0.2, 0.25) is 0 Å². The molecular weight excluding hydrogens is 234 g/mol. The predicted octanol–water partition coefficient (Wildman–Crippen LogP) is 3.69. The minimum absolute atomic E-state index is 0.861. The molecule has 1 unspecified atom stereocenters. The topological polar surface area (TPSA) is 12.0 Å². The van der Waals surface area contributed by atoms with Crippen LogP contribution >= 0.6 is 23.1 Å². The maximum atomic E-state index is 3.60. The summed E-state index contributed by atoms with van der Waals surface area (Å²) >= 11 is 4.10. The molecule has 2 rings (SSSR count). The van der Waals surface area contributed by atoms with Crippen LogP contribution in [0.25, 0.3) is 0 Å². The van der Waals surface area contributed by atoms with E-state index in [1.807, 2.05) is 11.3 Å². The number of aryl methyl sites for hydroxylation is 1. The monoisotopic (exact) mass is 255 g/mol. The molecular formula is C13H21NS2. The number of nitrogens with one attached hydrogen (secondary N) is 1. The molecule has 1 nitrogen and oxygen atoms in total. The zero-order chi connectivity index (χ0) is 11.2. The van der Waals surface area contributed by atoms with Gasteiger partial charge < -0.3 is 5.32 Å². The summed E-state index contributed by atoms with van der Waals surface area (Å²) in [5.41, 5.74) is 0. The first-order valence-corrected chi connectivity index (χ1v) is 8.15. The van der Waals surface area contributed by atoms with Crippen molar-refractivity contribution < 1.29 is 0 Å². The second-order valence-electron chi connectivity index (χ2n) is 4.34. The van der Waals surface area contributed by atoms with E-state index >= 15 is 0 Å². The van der Waals surface area contributed by atoms with Crippen LogP contribution in [0.4, 0.5) is 0 Å². The number of thiophene rings is 1. The standard InChI is InChI=1S/C13H21NS2/c1-2-11-6-7-13(16-11)10-14-9-12-5-3-4-8-15-12/h6-7,12,14H,2-5,8-10H2,1H3. The van der Waals surface area contributed by atoms with Crippen molar-refractivity contribution in [3.63, 3.8) is 0 Å². The van der Waals surface area contributed by atoms with Crippen molar-refractivity contribution in [3.8, 4) is 0 Å². The van der Waals surface area contributed by atoms with E-state index in [9.17, 15) is 0 Å². The molecule has 0 aliphatic carbocycles. The van der Waals surface area contributed by atoms with Crippen LogP contribution in [0.3, 0.4) is 0 Å². The van der Waals surface area contributed by atoms with Gasteiger partial charge in [-0.3, -0.25) is 0 Å². The van der Waals surface area contributed by atoms with Gasteiger partial charge in [-0.05, 0) is 37.1 Å². The molecule has 0 amide bonds. The molecule has 0 spiro atoms. The van der Waals surface area contributed by atoms with Gasteiger partial charge in [0, 0.05) is 28.1 Å². The first kappa shape index (κ1) is 12.5. The van der Waals surface area contributed by atoms with Crippen molar-refractivity contribution in [1.82, 2.24) is 5.32 Å². The molecule has 1 aliphatic heterocycles. The highest BCUT2D eigenvalue weighted by Crippen LogP contribution is 2.24. The molecule has 1 fully saturated rings. The lowest BCUT2D eigenvalue weighted by molar-refractivity contribution is 0.600. The van der Waals surface area contributed by atoms with E-state index in [4.69, 9.17) is 0 Å². The molecule has 1 saturated heterocycles. The Kier molecular flexibility index (Phi) is 5.20. The van der Waals surface area contributed by atoms with E-state index in [0.717, 1.165) is 11.8 Å². The number of hydrogen-bond acceptors (Lipinski definition) is 3. The molecule has 0 saturated carbocycles. The van der Waals surface area contributed by atoms with E-state index in [0.29, 0.717) is 0 Å². The van der Waals surface area contributed by atoms with Gasteiger partial charge in [-0.15, -0.1) is 11.3 Å². The maximum Gasteiger partial charge on any atom is 0.0300 e. The number of rotatable bonds is 5. The van der Waals surface area contributed by atoms with Crippen molar-refractivity contribution in [3.05, 3.63) is 21.9 Å². The smallest absolute Gasteiger partial charge is 0.0300 e. The number of thioether (sulfide) groups is 1. The Morgan fingerprint density at radius 3 is 2.88 bits per heavy atom. The van der Waals surface area contributed by atoms with Gasteiger partial charge in [0.1, 0.15) is 0 Å². The molecule has 16 heavy (non-hydrogen) atoms. The second kappa shape index (κ2) is 6.67. The average molecular weight is 255 g/mol. The Morgan fingerprint density at radius 2 is 2.19 bits per heavy atom. The fraction of sp³-hybridized carbons (Fsp3) is 0.692. The lowest BCUT2D eigenvalue weighted by Gasteiger charge is -2.21. The van der Waals surface area contributed by atoms with Crippen LogP contribution < -0.4 is 5.32 Å². The molecule has 90 valence electrons. The largest absolute Gasteiger partial charge is 0.311 e. The summed E-state index contributed by atoms with van der Waals surface area (Å²) in [4.78, 5) is 2.99. The second-order valence-corrected chi connectivity index (χ2v) is 7.00. The Labute approximate surface area is 107 Å². The molecule has 0 radical (unpaired) electrons. The van der Waals surface area contributed by atoms with Crippen LogP contribution in [-0.4, -0.2) is 17.5 Å². The molecule has 1 atom stereocenters. The number of hydrogen-bond donors (Lipinski definition) is 1. The van der Waals surface area contributed by atoms with E-state index in [-0.39, 0.29) is 0 Å². The fourth-order valence-electron chi connectivity index (χ4n) is 2.03. The van der Waals surface area contributed by atoms with Crippen molar-refractivity contribution in [2.45, 2.75) is 44.4 Å². The van der Waals surface area contributed by atoms with E-state index in [1.54, 1.807) is 0 Å². The summed E-state index contributed by atoms with van der Waals surface area (Å²) < 4.78 is 0. The van der Waals surface area contributed by atoms with Crippen LogP contribution in [-0.2, 0) is 13.0 Å².